The van der Waals surface area contributed by atoms with Crippen LogP contribution in [0, 0.1) is 0 Å². The van der Waals surface area contributed by atoms with Crippen molar-refractivity contribution < 1.29 is 0 Å². The lowest BCUT2D eigenvalue weighted by Crippen LogP contribution is -2.22. The number of nitrogens with one attached hydrogen (secondary N) is 1. The molecule has 1 atom stereocenters. The molecule has 18 heavy (non-hydrogen) atoms. The van der Waals surface area contributed by atoms with Gasteiger partial charge in [0.05, 0.1) is 0 Å². The van der Waals surface area contributed by atoms with Gasteiger partial charge in [-0.15, -0.1) is 0 Å². The molecular weight excluding hydrogens is 286 g/mol. The molecule has 1 rings (SSSR count). The van der Waals surface area contributed by atoms with Gasteiger partial charge in [0.25, 0.3) is 0 Å². The fourth-order valence-electron chi connectivity index (χ4n) is 2.24. The summed E-state index contributed by atoms with van der Waals surface area (Å²) in [6.45, 7) is 6.72. The first kappa shape index (κ1) is 15.7. The van der Waals surface area contributed by atoms with E-state index in [1.165, 1.54) is 42.1 Å². The zero-order valence-corrected chi connectivity index (χ0v) is 13.3. The number of halogens is 1. The SMILES string of the molecule is CCCCCC(CNCCC)c1cccc(Br)c1. The van der Waals surface area contributed by atoms with Crippen LogP contribution in [0.25, 0.3) is 0 Å². The first-order valence-corrected chi connectivity index (χ1v) is 8.03. The maximum atomic E-state index is 3.57. The Morgan fingerprint density at radius 1 is 1.17 bits per heavy atom. The smallest absolute Gasteiger partial charge is 0.0178 e. The lowest BCUT2D eigenvalue weighted by molar-refractivity contribution is 0.519. The topological polar surface area (TPSA) is 12.0 Å². The Kier molecular flexibility index (Phi) is 8.36. The predicted molar refractivity (Wildman–Crippen MR) is 84.2 cm³/mol. The van der Waals surface area contributed by atoms with Crippen LogP contribution >= 0.6 is 15.9 Å². The molecule has 102 valence electrons. The molecule has 2 heteroatoms. The normalized spacial score (nSPS) is 12.6. The second-order valence-electron chi connectivity index (χ2n) is 4.95. The van der Waals surface area contributed by atoms with Crippen LogP contribution in [0.5, 0.6) is 0 Å². The quantitative estimate of drug-likeness (QED) is 0.625. The van der Waals surface area contributed by atoms with Gasteiger partial charge in [0.2, 0.25) is 0 Å². The van der Waals surface area contributed by atoms with E-state index < -0.39 is 0 Å². The van der Waals surface area contributed by atoms with E-state index in [4.69, 9.17) is 0 Å². The van der Waals surface area contributed by atoms with E-state index in [9.17, 15) is 0 Å². The average Bonchev–Trinajstić information content (AvgIpc) is 2.37. The van der Waals surface area contributed by atoms with Crippen LogP contribution in [0.15, 0.2) is 28.7 Å². The molecule has 0 bridgehead atoms. The van der Waals surface area contributed by atoms with Crippen LogP contribution in [0.2, 0.25) is 0 Å². The monoisotopic (exact) mass is 311 g/mol. The standard InChI is InChI=1S/C16H26BrN/c1-3-5-6-8-15(13-18-11-4-2)14-9-7-10-16(17)12-14/h7,9-10,12,15,18H,3-6,8,11,13H2,1-2H3. The molecule has 1 nitrogen and oxygen atoms in total. The Hall–Kier alpha value is -0.340. The molecule has 0 amide bonds. The minimum absolute atomic E-state index is 0.653. The van der Waals surface area contributed by atoms with Crippen LogP contribution in [-0.4, -0.2) is 13.1 Å². The Bertz CT molecular complexity index is 315. The average molecular weight is 312 g/mol. The van der Waals surface area contributed by atoms with Gasteiger partial charge in [-0.25, -0.2) is 0 Å². The lowest BCUT2D eigenvalue weighted by Gasteiger charge is -2.18. The molecule has 0 aliphatic carbocycles. The molecule has 1 aromatic rings. The molecule has 0 aliphatic heterocycles. The summed E-state index contributed by atoms with van der Waals surface area (Å²) in [5.74, 6) is 0.653. The molecule has 0 spiro atoms. The third kappa shape index (κ3) is 6.01. The second-order valence-corrected chi connectivity index (χ2v) is 5.87. The number of benzene rings is 1. The maximum Gasteiger partial charge on any atom is 0.0178 e. The first-order chi connectivity index (χ1) is 8.77. The molecular formula is C16H26BrN. The number of unbranched alkanes of at least 4 members (excludes halogenated alkanes) is 2. The Labute approximate surface area is 120 Å². The molecule has 0 saturated carbocycles. The van der Waals surface area contributed by atoms with Crippen LogP contribution < -0.4 is 5.32 Å². The van der Waals surface area contributed by atoms with Crippen molar-refractivity contribution in [3.8, 4) is 0 Å². The number of rotatable bonds is 9. The number of hydrogen-bond acceptors (Lipinski definition) is 1. The fourth-order valence-corrected chi connectivity index (χ4v) is 2.66. The zero-order chi connectivity index (χ0) is 13.2. The van der Waals surface area contributed by atoms with Crippen LogP contribution in [0.4, 0.5) is 0 Å². The van der Waals surface area contributed by atoms with E-state index in [1.807, 2.05) is 0 Å². The summed E-state index contributed by atoms with van der Waals surface area (Å²) in [5.41, 5.74) is 1.46. The predicted octanol–water partition coefficient (Wildman–Crippen LogP) is 5.11. The summed E-state index contributed by atoms with van der Waals surface area (Å²) in [6, 6.07) is 8.78. The van der Waals surface area contributed by atoms with Gasteiger partial charge in [-0.3, -0.25) is 0 Å². The summed E-state index contributed by atoms with van der Waals surface area (Å²) >= 11 is 3.57. The Balaban J connectivity index is 2.57. The third-order valence-electron chi connectivity index (χ3n) is 3.29. The van der Waals surface area contributed by atoms with Crippen LogP contribution in [-0.2, 0) is 0 Å². The van der Waals surface area contributed by atoms with E-state index in [0.29, 0.717) is 5.92 Å². The third-order valence-corrected chi connectivity index (χ3v) is 3.79. The van der Waals surface area contributed by atoms with Gasteiger partial charge in [-0.1, -0.05) is 61.2 Å². The van der Waals surface area contributed by atoms with Gasteiger partial charge >= 0.3 is 0 Å². The minimum atomic E-state index is 0.653. The van der Waals surface area contributed by atoms with Crippen molar-refractivity contribution in [2.24, 2.45) is 0 Å². The molecule has 0 saturated heterocycles. The maximum absolute atomic E-state index is 3.57. The van der Waals surface area contributed by atoms with Gasteiger partial charge in [0.15, 0.2) is 0 Å². The van der Waals surface area contributed by atoms with Crippen molar-refractivity contribution in [2.75, 3.05) is 13.1 Å². The summed E-state index contributed by atoms with van der Waals surface area (Å²) in [5, 5.41) is 3.56. The molecule has 1 aromatic carbocycles. The highest BCUT2D eigenvalue weighted by Crippen LogP contribution is 2.24. The van der Waals surface area contributed by atoms with Crippen molar-refractivity contribution >= 4 is 15.9 Å². The largest absolute Gasteiger partial charge is 0.316 e. The summed E-state index contributed by atoms with van der Waals surface area (Å²) in [6.07, 6.45) is 6.48. The van der Waals surface area contributed by atoms with Gasteiger partial charge in [-0.2, -0.15) is 0 Å². The second kappa shape index (κ2) is 9.57. The van der Waals surface area contributed by atoms with E-state index in [1.54, 1.807) is 0 Å². The van der Waals surface area contributed by atoms with E-state index in [2.05, 4.69) is 59.4 Å². The molecule has 0 aromatic heterocycles. The van der Waals surface area contributed by atoms with Crippen molar-refractivity contribution in [3.05, 3.63) is 34.3 Å². The minimum Gasteiger partial charge on any atom is -0.316 e. The molecule has 0 radical (unpaired) electrons. The van der Waals surface area contributed by atoms with E-state index in [-0.39, 0.29) is 0 Å². The molecule has 0 aliphatic rings. The highest BCUT2D eigenvalue weighted by molar-refractivity contribution is 9.10. The lowest BCUT2D eigenvalue weighted by atomic mass is 9.93. The zero-order valence-electron chi connectivity index (χ0n) is 11.7. The summed E-state index contributed by atoms with van der Waals surface area (Å²) in [4.78, 5) is 0. The van der Waals surface area contributed by atoms with E-state index >= 15 is 0 Å². The van der Waals surface area contributed by atoms with Crippen molar-refractivity contribution in [2.45, 2.75) is 51.9 Å². The van der Waals surface area contributed by atoms with Crippen molar-refractivity contribution in [1.82, 2.24) is 5.32 Å². The first-order valence-electron chi connectivity index (χ1n) is 7.24. The molecule has 0 fully saturated rings. The van der Waals surface area contributed by atoms with Crippen LogP contribution in [0.1, 0.15) is 57.4 Å². The fraction of sp³-hybridized carbons (Fsp3) is 0.625. The van der Waals surface area contributed by atoms with Crippen molar-refractivity contribution in [1.29, 1.82) is 0 Å². The molecule has 0 heterocycles. The summed E-state index contributed by atoms with van der Waals surface area (Å²) < 4.78 is 1.19. The van der Waals surface area contributed by atoms with Crippen molar-refractivity contribution in [3.63, 3.8) is 0 Å². The number of hydrogen-bond donors (Lipinski definition) is 1. The Morgan fingerprint density at radius 2 is 2.00 bits per heavy atom. The van der Waals surface area contributed by atoms with E-state index in [0.717, 1.165) is 13.1 Å². The van der Waals surface area contributed by atoms with Gasteiger partial charge < -0.3 is 5.32 Å². The Morgan fingerprint density at radius 3 is 2.67 bits per heavy atom. The highest BCUT2D eigenvalue weighted by Gasteiger charge is 2.11. The van der Waals surface area contributed by atoms with Gasteiger partial charge in [-0.05, 0) is 43.0 Å². The van der Waals surface area contributed by atoms with Crippen LogP contribution in [0.3, 0.4) is 0 Å². The molecule has 1 unspecified atom stereocenters. The van der Waals surface area contributed by atoms with Gasteiger partial charge in [0, 0.05) is 11.0 Å². The molecule has 1 N–H and O–H groups in total. The highest BCUT2D eigenvalue weighted by atomic mass is 79.9. The summed E-state index contributed by atoms with van der Waals surface area (Å²) in [7, 11) is 0. The van der Waals surface area contributed by atoms with Gasteiger partial charge in [0.1, 0.15) is 0 Å².